The summed E-state index contributed by atoms with van der Waals surface area (Å²) in [6.45, 7) is 0.621. The molecule has 0 unspecified atom stereocenters. The lowest BCUT2D eigenvalue weighted by atomic mass is 10.1. The molecule has 0 amide bonds. The van der Waals surface area contributed by atoms with Crippen LogP contribution in [0.3, 0.4) is 0 Å². The summed E-state index contributed by atoms with van der Waals surface area (Å²) in [6, 6.07) is 8.06. The van der Waals surface area contributed by atoms with Gasteiger partial charge in [-0.05, 0) is 40.3 Å². The van der Waals surface area contributed by atoms with Gasteiger partial charge in [0.2, 0.25) is 0 Å². The summed E-state index contributed by atoms with van der Waals surface area (Å²) in [6.07, 6.45) is 3.57. The van der Waals surface area contributed by atoms with Gasteiger partial charge in [0, 0.05) is 16.1 Å². The molecule has 2 N–H and O–H groups in total. The highest BCUT2D eigenvalue weighted by molar-refractivity contribution is 14.1. The van der Waals surface area contributed by atoms with E-state index in [1.54, 1.807) is 17.1 Å². The molecule has 4 nitrogen and oxygen atoms in total. The van der Waals surface area contributed by atoms with E-state index in [2.05, 4.69) is 48.6 Å². The van der Waals surface area contributed by atoms with Crippen LogP contribution in [0, 0.1) is 3.57 Å². The van der Waals surface area contributed by atoms with Gasteiger partial charge in [0.15, 0.2) is 0 Å². The zero-order chi connectivity index (χ0) is 13.4. The topological polar surface area (TPSA) is 56.7 Å². The Morgan fingerprint density at radius 3 is 2.89 bits per heavy atom. The SMILES string of the molecule is Nc1c(I)cnn1Cc1ccc(Br)c2cccnc12. The normalized spacial score (nSPS) is 11.1. The minimum atomic E-state index is 0.621. The van der Waals surface area contributed by atoms with E-state index in [1.807, 2.05) is 24.3 Å². The molecular formula is C13H10BrIN4. The van der Waals surface area contributed by atoms with Gasteiger partial charge in [-0.3, -0.25) is 4.98 Å². The van der Waals surface area contributed by atoms with Gasteiger partial charge in [0.1, 0.15) is 5.82 Å². The van der Waals surface area contributed by atoms with Crippen LogP contribution in [0.4, 0.5) is 5.82 Å². The van der Waals surface area contributed by atoms with E-state index in [1.165, 1.54) is 0 Å². The fourth-order valence-corrected chi connectivity index (χ4v) is 2.84. The third kappa shape index (κ3) is 2.34. The Balaban J connectivity index is 2.11. The number of halogens is 2. The molecule has 0 fully saturated rings. The van der Waals surface area contributed by atoms with Crippen LogP contribution in [0.5, 0.6) is 0 Å². The summed E-state index contributed by atoms with van der Waals surface area (Å²) < 4.78 is 3.80. The molecule has 0 atom stereocenters. The fraction of sp³-hybridized carbons (Fsp3) is 0.0769. The predicted molar refractivity (Wildman–Crippen MR) is 87.9 cm³/mol. The Bertz CT molecular complexity index is 753. The maximum Gasteiger partial charge on any atom is 0.135 e. The van der Waals surface area contributed by atoms with Gasteiger partial charge < -0.3 is 5.73 Å². The largest absolute Gasteiger partial charge is 0.383 e. The van der Waals surface area contributed by atoms with Crippen LogP contribution in [-0.2, 0) is 6.54 Å². The number of nitrogens with zero attached hydrogens (tertiary/aromatic N) is 3. The van der Waals surface area contributed by atoms with Crippen molar-refractivity contribution in [3.05, 3.63) is 50.3 Å². The minimum Gasteiger partial charge on any atom is -0.383 e. The molecule has 0 aliphatic heterocycles. The number of nitrogen functional groups attached to an aromatic ring is 1. The summed E-state index contributed by atoms with van der Waals surface area (Å²) in [5, 5.41) is 5.38. The summed E-state index contributed by atoms with van der Waals surface area (Å²) in [5.41, 5.74) is 8.06. The lowest BCUT2D eigenvalue weighted by Gasteiger charge is -2.08. The molecule has 0 bridgehead atoms. The molecule has 0 aliphatic carbocycles. The lowest BCUT2D eigenvalue weighted by Crippen LogP contribution is -2.07. The zero-order valence-corrected chi connectivity index (χ0v) is 13.6. The molecule has 0 saturated heterocycles. The molecule has 3 rings (SSSR count). The van der Waals surface area contributed by atoms with Crippen LogP contribution in [-0.4, -0.2) is 14.8 Å². The summed E-state index contributed by atoms with van der Waals surface area (Å²) >= 11 is 5.73. The monoisotopic (exact) mass is 428 g/mol. The van der Waals surface area contributed by atoms with Crippen molar-refractivity contribution < 1.29 is 0 Å². The Labute approximate surface area is 132 Å². The predicted octanol–water partition coefficient (Wildman–Crippen LogP) is 3.43. The van der Waals surface area contributed by atoms with E-state index < -0.39 is 0 Å². The van der Waals surface area contributed by atoms with E-state index in [9.17, 15) is 0 Å². The van der Waals surface area contributed by atoms with Crippen LogP contribution in [0.15, 0.2) is 41.1 Å². The first kappa shape index (κ1) is 12.9. The van der Waals surface area contributed by atoms with Gasteiger partial charge in [-0.25, -0.2) is 4.68 Å². The number of benzene rings is 1. The number of nitrogens with two attached hydrogens (primary N) is 1. The van der Waals surface area contributed by atoms with Crippen molar-refractivity contribution in [3.8, 4) is 0 Å². The molecule has 3 aromatic rings. The molecule has 2 heterocycles. The second-order valence-corrected chi connectivity index (χ2v) is 6.16. The Kier molecular flexibility index (Phi) is 3.44. The van der Waals surface area contributed by atoms with Gasteiger partial charge in [-0.15, -0.1) is 0 Å². The standard InChI is InChI=1S/C13H10BrIN4/c14-10-4-3-8(12-9(10)2-1-5-17-12)7-19-13(16)11(15)6-18-19/h1-6H,7,16H2. The first-order valence-corrected chi connectivity index (χ1v) is 7.53. The summed E-state index contributed by atoms with van der Waals surface area (Å²) in [4.78, 5) is 4.46. The number of anilines is 1. The van der Waals surface area contributed by atoms with Crippen LogP contribution in [0.1, 0.15) is 5.56 Å². The molecule has 1 aromatic carbocycles. The van der Waals surface area contributed by atoms with Crippen molar-refractivity contribution in [2.75, 3.05) is 5.73 Å². The van der Waals surface area contributed by atoms with Crippen molar-refractivity contribution in [1.29, 1.82) is 0 Å². The molecule has 2 aromatic heterocycles. The van der Waals surface area contributed by atoms with Crippen LogP contribution >= 0.6 is 38.5 Å². The second kappa shape index (κ2) is 5.09. The van der Waals surface area contributed by atoms with E-state index in [0.717, 1.165) is 24.5 Å². The quantitative estimate of drug-likeness (QED) is 0.636. The Hall–Kier alpha value is -1.15. The van der Waals surface area contributed by atoms with Crippen molar-refractivity contribution in [2.45, 2.75) is 6.54 Å². The number of rotatable bonds is 2. The number of fused-ring (bicyclic) bond motifs is 1. The number of pyridine rings is 1. The molecule has 0 spiro atoms. The molecular weight excluding hydrogens is 419 g/mol. The molecule has 6 heteroatoms. The van der Waals surface area contributed by atoms with E-state index in [0.29, 0.717) is 12.4 Å². The molecule has 0 radical (unpaired) electrons. The van der Waals surface area contributed by atoms with Gasteiger partial charge in [-0.1, -0.05) is 28.1 Å². The molecule has 96 valence electrons. The first-order valence-electron chi connectivity index (χ1n) is 5.65. The van der Waals surface area contributed by atoms with E-state index >= 15 is 0 Å². The second-order valence-electron chi connectivity index (χ2n) is 4.14. The summed E-state index contributed by atoms with van der Waals surface area (Å²) in [7, 11) is 0. The number of aromatic nitrogens is 3. The van der Waals surface area contributed by atoms with Crippen molar-refractivity contribution in [1.82, 2.24) is 14.8 Å². The first-order chi connectivity index (χ1) is 9.16. The highest BCUT2D eigenvalue weighted by Crippen LogP contribution is 2.26. The average molecular weight is 429 g/mol. The molecule has 0 saturated carbocycles. The number of hydrogen-bond donors (Lipinski definition) is 1. The lowest BCUT2D eigenvalue weighted by molar-refractivity contribution is 0.699. The highest BCUT2D eigenvalue weighted by Gasteiger charge is 2.09. The van der Waals surface area contributed by atoms with E-state index in [-0.39, 0.29) is 0 Å². The zero-order valence-electron chi connectivity index (χ0n) is 9.85. The highest BCUT2D eigenvalue weighted by atomic mass is 127. The van der Waals surface area contributed by atoms with Crippen LogP contribution < -0.4 is 5.73 Å². The number of hydrogen-bond acceptors (Lipinski definition) is 3. The third-order valence-electron chi connectivity index (χ3n) is 2.95. The Morgan fingerprint density at radius 2 is 2.16 bits per heavy atom. The van der Waals surface area contributed by atoms with Gasteiger partial charge >= 0.3 is 0 Å². The van der Waals surface area contributed by atoms with Gasteiger partial charge in [-0.2, -0.15) is 5.10 Å². The van der Waals surface area contributed by atoms with Crippen molar-refractivity contribution in [3.63, 3.8) is 0 Å². The van der Waals surface area contributed by atoms with Crippen molar-refractivity contribution in [2.24, 2.45) is 0 Å². The minimum absolute atomic E-state index is 0.621. The third-order valence-corrected chi connectivity index (χ3v) is 4.48. The van der Waals surface area contributed by atoms with Crippen LogP contribution in [0.25, 0.3) is 10.9 Å². The van der Waals surface area contributed by atoms with Gasteiger partial charge in [0.25, 0.3) is 0 Å². The molecule has 0 aliphatic rings. The average Bonchev–Trinajstić information content (AvgIpc) is 2.74. The van der Waals surface area contributed by atoms with Crippen LogP contribution in [0.2, 0.25) is 0 Å². The maximum atomic E-state index is 5.99. The van der Waals surface area contributed by atoms with Gasteiger partial charge in [0.05, 0.1) is 21.8 Å². The summed E-state index contributed by atoms with van der Waals surface area (Å²) in [5.74, 6) is 0.688. The molecule has 19 heavy (non-hydrogen) atoms. The smallest absolute Gasteiger partial charge is 0.135 e. The fourth-order valence-electron chi connectivity index (χ4n) is 1.98. The van der Waals surface area contributed by atoms with Crippen molar-refractivity contribution >= 4 is 55.2 Å². The van der Waals surface area contributed by atoms with E-state index in [4.69, 9.17) is 5.73 Å². The Morgan fingerprint density at radius 1 is 1.32 bits per heavy atom. The maximum absolute atomic E-state index is 5.99.